The molecule has 0 fully saturated rings. The van der Waals surface area contributed by atoms with Gasteiger partial charge in [-0.1, -0.05) is 23.4 Å². The van der Waals surface area contributed by atoms with E-state index in [0.29, 0.717) is 34.5 Å². The predicted molar refractivity (Wildman–Crippen MR) is 117 cm³/mol. The van der Waals surface area contributed by atoms with Crippen LogP contribution in [0.4, 0.5) is 5.69 Å². The molecule has 2 aromatic carbocycles. The van der Waals surface area contributed by atoms with E-state index in [9.17, 15) is 9.59 Å². The van der Waals surface area contributed by atoms with E-state index in [1.165, 1.54) is 0 Å². The van der Waals surface area contributed by atoms with Gasteiger partial charge in [-0.05, 0) is 61.9 Å². The van der Waals surface area contributed by atoms with Gasteiger partial charge in [-0.15, -0.1) is 10.2 Å². The highest BCUT2D eigenvalue weighted by atomic mass is 35.5. The van der Waals surface area contributed by atoms with E-state index in [-0.39, 0.29) is 23.5 Å². The smallest absolute Gasteiger partial charge is 0.338 e. The molecule has 3 rings (SSSR count). The van der Waals surface area contributed by atoms with E-state index in [1.807, 2.05) is 6.92 Å². The van der Waals surface area contributed by atoms with Crippen molar-refractivity contribution in [2.75, 3.05) is 17.7 Å². The van der Waals surface area contributed by atoms with Crippen LogP contribution in [-0.2, 0) is 16.1 Å². The lowest BCUT2D eigenvalue weighted by Crippen LogP contribution is -2.14. The van der Waals surface area contributed by atoms with Gasteiger partial charge in [0.25, 0.3) is 11.1 Å². The number of rotatable bonds is 9. The molecule has 162 valence electrons. The zero-order valence-corrected chi connectivity index (χ0v) is 18.5. The van der Waals surface area contributed by atoms with Crippen LogP contribution in [0.25, 0.3) is 0 Å². The second-order valence-corrected chi connectivity index (χ2v) is 7.66. The Morgan fingerprint density at radius 1 is 1.16 bits per heavy atom. The Labute approximate surface area is 188 Å². The number of ether oxygens (including phenoxy) is 2. The Kier molecular flexibility index (Phi) is 7.91. The molecule has 0 atom stereocenters. The van der Waals surface area contributed by atoms with E-state index in [4.69, 9.17) is 25.5 Å². The van der Waals surface area contributed by atoms with Gasteiger partial charge in [0.05, 0.1) is 17.9 Å². The van der Waals surface area contributed by atoms with Crippen molar-refractivity contribution < 1.29 is 23.5 Å². The third-order valence-corrected chi connectivity index (χ3v) is 5.00. The maximum Gasteiger partial charge on any atom is 0.338 e. The molecule has 8 nitrogen and oxygen atoms in total. The highest BCUT2D eigenvalue weighted by Crippen LogP contribution is 2.23. The van der Waals surface area contributed by atoms with E-state index >= 15 is 0 Å². The third kappa shape index (κ3) is 6.73. The first kappa shape index (κ1) is 22.6. The second-order valence-electron chi connectivity index (χ2n) is 6.29. The number of benzene rings is 2. The number of aryl methyl sites for hydroxylation is 1. The van der Waals surface area contributed by atoms with Crippen LogP contribution in [0, 0.1) is 6.92 Å². The monoisotopic (exact) mass is 461 g/mol. The van der Waals surface area contributed by atoms with Gasteiger partial charge < -0.3 is 19.2 Å². The summed E-state index contributed by atoms with van der Waals surface area (Å²) in [5.74, 6) is 0.398. The summed E-state index contributed by atoms with van der Waals surface area (Å²) in [4.78, 5) is 23.8. The molecule has 0 spiro atoms. The van der Waals surface area contributed by atoms with E-state index in [1.54, 1.807) is 49.4 Å². The number of halogens is 1. The summed E-state index contributed by atoms with van der Waals surface area (Å²) in [5.41, 5.74) is 1.88. The lowest BCUT2D eigenvalue weighted by atomic mass is 10.2. The van der Waals surface area contributed by atoms with Crippen molar-refractivity contribution in [1.29, 1.82) is 0 Å². The molecule has 1 heterocycles. The molecule has 1 N–H and O–H groups in total. The van der Waals surface area contributed by atoms with Gasteiger partial charge in [0, 0.05) is 10.7 Å². The van der Waals surface area contributed by atoms with Crippen LogP contribution in [0.15, 0.2) is 52.1 Å². The van der Waals surface area contributed by atoms with Crippen molar-refractivity contribution in [1.82, 2.24) is 10.2 Å². The van der Waals surface area contributed by atoms with Gasteiger partial charge in [0.2, 0.25) is 5.91 Å². The number of amides is 1. The number of thioether (sulfide) groups is 1. The molecule has 0 aliphatic carbocycles. The highest BCUT2D eigenvalue weighted by molar-refractivity contribution is 7.99. The summed E-state index contributed by atoms with van der Waals surface area (Å²) in [6.07, 6.45) is 0. The van der Waals surface area contributed by atoms with E-state index in [2.05, 4.69) is 15.5 Å². The Morgan fingerprint density at radius 2 is 1.94 bits per heavy atom. The van der Waals surface area contributed by atoms with Crippen molar-refractivity contribution in [3.8, 4) is 5.75 Å². The second kappa shape index (κ2) is 10.8. The van der Waals surface area contributed by atoms with Crippen LogP contribution in [0.1, 0.15) is 28.7 Å². The van der Waals surface area contributed by atoms with Crippen molar-refractivity contribution >= 4 is 40.9 Å². The zero-order valence-electron chi connectivity index (χ0n) is 16.9. The van der Waals surface area contributed by atoms with Gasteiger partial charge in [-0.3, -0.25) is 4.79 Å². The molecule has 0 radical (unpaired) electrons. The fourth-order valence-electron chi connectivity index (χ4n) is 2.50. The average molecular weight is 462 g/mol. The average Bonchev–Trinajstić information content (AvgIpc) is 3.20. The number of hydrogen-bond donors (Lipinski definition) is 1. The van der Waals surface area contributed by atoms with Gasteiger partial charge in [0.15, 0.2) is 6.61 Å². The Bertz CT molecular complexity index is 1060. The van der Waals surface area contributed by atoms with Crippen LogP contribution in [0.3, 0.4) is 0 Å². The first-order valence-electron chi connectivity index (χ1n) is 9.35. The van der Waals surface area contributed by atoms with E-state index in [0.717, 1.165) is 17.3 Å². The Hall–Kier alpha value is -3.04. The number of hydrogen-bond acceptors (Lipinski definition) is 8. The number of aromatic nitrogens is 2. The number of esters is 1. The number of nitrogens with one attached hydrogen (secondary N) is 1. The summed E-state index contributed by atoms with van der Waals surface area (Å²) in [6, 6.07) is 11.8. The normalized spacial score (nSPS) is 10.5. The number of carbonyl (C=O) groups excluding carboxylic acids is 2. The van der Waals surface area contributed by atoms with Crippen molar-refractivity contribution in [2.24, 2.45) is 0 Å². The van der Waals surface area contributed by atoms with Crippen LogP contribution in [0.2, 0.25) is 5.02 Å². The lowest BCUT2D eigenvalue weighted by Gasteiger charge is -2.06. The number of carbonyl (C=O) groups is 2. The first-order chi connectivity index (χ1) is 14.9. The highest BCUT2D eigenvalue weighted by Gasteiger charge is 2.12. The number of anilines is 1. The summed E-state index contributed by atoms with van der Waals surface area (Å²) < 4.78 is 16.1. The maximum absolute atomic E-state index is 12.1. The molecule has 0 saturated carbocycles. The van der Waals surface area contributed by atoms with Gasteiger partial charge in [0.1, 0.15) is 5.75 Å². The topological polar surface area (TPSA) is 104 Å². The molecular weight excluding hydrogens is 442 g/mol. The molecule has 1 aromatic heterocycles. The van der Waals surface area contributed by atoms with Crippen LogP contribution in [-0.4, -0.2) is 34.4 Å². The molecule has 3 aromatic rings. The molecule has 0 saturated heterocycles. The molecule has 10 heteroatoms. The quantitative estimate of drug-likeness (QED) is 0.366. The largest absolute Gasteiger partial charge is 0.484 e. The van der Waals surface area contributed by atoms with Gasteiger partial charge in [-0.25, -0.2) is 4.79 Å². The van der Waals surface area contributed by atoms with Crippen LogP contribution < -0.4 is 10.1 Å². The summed E-state index contributed by atoms with van der Waals surface area (Å²) >= 11 is 7.04. The molecular formula is C21H20ClN3O5S. The molecule has 0 aliphatic heterocycles. The maximum atomic E-state index is 12.1. The predicted octanol–water partition coefficient (Wildman–Crippen LogP) is 4.52. The summed E-state index contributed by atoms with van der Waals surface area (Å²) in [6.45, 7) is 4.04. The molecule has 0 bridgehead atoms. The minimum atomic E-state index is -0.404. The number of nitrogens with zero attached hydrogens (tertiary/aromatic N) is 2. The Morgan fingerprint density at radius 3 is 2.65 bits per heavy atom. The SMILES string of the molecule is CCOC(=O)c1ccc(NC(=O)CSc2nnc(COc3ccc(Cl)cc3C)o2)cc1. The minimum absolute atomic E-state index is 0.0818. The summed E-state index contributed by atoms with van der Waals surface area (Å²) in [5, 5.41) is 11.5. The van der Waals surface area contributed by atoms with E-state index < -0.39 is 5.97 Å². The van der Waals surface area contributed by atoms with Crippen LogP contribution in [0.5, 0.6) is 5.75 Å². The Balaban J connectivity index is 1.45. The van der Waals surface area contributed by atoms with Crippen molar-refractivity contribution in [2.45, 2.75) is 25.7 Å². The molecule has 31 heavy (non-hydrogen) atoms. The third-order valence-electron chi connectivity index (χ3n) is 3.94. The van der Waals surface area contributed by atoms with Gasteiger partial charge in [-0.2, -0.15) is 0 Å². The van der Waals surface area contributed by atoms with Crippen molar-refractivity contribution in [3.05, 3.63) is 64.5 Å². The standard InChI is InChI=1S/C21H20ClN3O5S/c1-3-28-20(27)14-4-7-16(8-5-14)23-18(26)12-31-21-25-24-19(30-21)11-29-17-9-6-15(22)10-13(17)2/h4-10H,3,11-12H2,1-2H3,(H,23,26). The fourth-order valence-corrected chi connectivity index (χ4v) is 3.30. The van der Waals surface area contributed by atoms with Crippen LogP contribution >= 0.6 is 23.4 Å². The fraction of sp³-hybridized carbons (Fsp3) is 0.238. The molecule has 0 aliphatic rings. The van der Waals surface area contributed by atoms with Crippen molar-refractivity contribution in [3.63, 3.8) is 0 Å². The lowest BCUT2D eigenvalue weighted by molar-refractivity contribution is -0.113. The molecule has 0 unspecified atom stereocenters. The van der Waals surface area contributed by atoms with Gasteiger partial charge >= 0.3 is 5.97 Å². The molecule has 1 amide bonds. The summed E-state index contributed by atoms with van der Waals surface area (Å²) in [7, 11) is 0. The first-order valence-corrected chi connectivity index (χ1v) is 10.7. The minimum Gasteiger partial charge on any atom is -0.484 e. The zero-order chi connectivity index (χ0) is 22.2.